The Morgan fingerprint density at radius 1 is 1.28 bits per heavy atom. The highest BCUT2D eigenvalue weighted by molar-refractivity contribution is 7.18. The quantitative estimate of drug-likeness (QED) is 0.782. The number of benzene rings is 1. The minimum Gasteiger partial charge on any atom is -0.477 e. The number of rotatable bonds is 3. The minimum absolute atomic E-state index is 0.272. The van der Waals surface area contributed by atoms with Gasteiger partial charge in [0.15, 0.2) is 0 Å². The maximum Gasteiger partial charge on any atom is 0.347 e. The number of aromatic carboxylic acids is 1. The standard InChI is InChI=1S/C12H9N3O2S/c16-11(17)9-7-15-10(13-14-12(15)18-9)6-8-4-2-1-3-5-8/h1-5,7H,6H2,(H,16,17). The third kappa shape index (κ3) is 1.86. The fourth-order valence-electron chi connectivity index (χ4n) is 1.75. The van der Waals surface area contributed by atoms with Crippen molar-refractivity contribution in [2.75, 3.05) is 0 Å². The summed E-state index contributed by atoms with van der Waals surface area (Å²) in [6.07, 6.45) is 2.21. The molecule has 0 unspecified atom stereocenters. The fourth-order valence-corrected chi connectivity index (χ4v) is 2.53. The molecule has 5 nitrogen and oxygen atoms in total. The van der Waals surface area contributed by atoms with Crippen LogP contribution in [0.3, 0.4) is 0 Å². The van der Waals surface area contributed by atoms with Crippen molar-refractivity contribution >= 4 is 22.3 Å². The van der Waals surface area contributed by atoms with E-state index >= 15 is 0 Å². The minimum atomic E-state index is -0.934. The third-order valence-corrected chi connectivity index (χ3v) is 3.56. The molecule has 0 bridgehead atoms. The van der Waals surface area contributed by atoms with E-state index in [-0.39, 0.29) is 4.88 Å². The van der Waals surface area contributed by atoms with E-state index in [4.69, 9.17) is 5.11 Å². The maximum atomic E-state index is 10.9. The number of carboxylic acid groups (broad SMARTS) is 1. The lowest BCUT2D eigenvalue weighted by Gasteiger charge is -1.97. The Labute approximate surface area is 106 Å². The second-order valence-corrected chi connectivity index (χ2v) is 4.84. The van der Waals surface area contributed by atoms with Crippen LogP contribution in [0, 0.1) is 0 Å². The highest BCUT2D eigenvalue weighted by Crippen LogP contribution is 2.18. The number of nitrogens with zero attached hydrogens (tertiary/aromatic N) is 3. The van der Waals surface area contributed by atoms with Gasteiger partial charge in [-0.2, -0.15) is 0 Å². The second kappa shape index (κ2) is 4.23. The first-order valence-corrected chi connectivity index (χ1v) is 6.16. The van der Waals surface area contributed by atoms with Crippen LogP contribution in [0.25, 0.3) is 4.96 Å². The van der Waals surface area contributed by atoms with E-state index < -0.39 is 5.97 Å². The van der Waals surface area contributed by atoms with Gasteiger partial charge in [-0.3, -0.25) is 4.40 Å². The van der Waals surface area contributed by atoms with Crippen LogP contribution in [-0.2, 0) is 6.42 Å². The zero-order valence-corrected chi connectivity index (χ0v) is 10.1. The monoisotopic (exact) mass is 259 g/mol. The largest absolute Gasteiger partial charge is 0.477 e. The van der Waals surface area contributed by atoms with Crippen molar-refractivity contribution in [1.82, 2.24) is 14.6 Å². The molecule has 0 atom stereocenters. The van der Waals surface area contributed by atoms with Crippen molar-refractivity contribution in [3.05, 3.63) is 52.8 Å². The molecule has 0 aliphatic heterocycles. The van der Waals surface area contributed by atoms with Crippen LogP contribution in [0.2, 0.25) is 0 Å². The van der Waals surface area contributed by atoms with E-state index in [9.17, 15) is 4.79 Å². The summed E-state index contributed by atoms with van der Waals surface area (Å²) in [7, 11) is 0. The zero-order chi connectivity index (χ0) is 12.5. The first-order chi connectivity index (χ1) is 8.74. The molecular formula is C12H9N3O2S. The van der Waals surface area contributed by atoms with E-state index in [1.54, 1.807) is 10.6 Å². The molecule has 0 spiro atoms. The van der Waals surface area contributed by atoms with Crippen LogP contribution >= 0.6 is 11.3 Å². The highest BCUT2D eigenvalue weighted by Gasteiger charge is 2.13. The molecule has 0 fully saturated rings. The Bertz CT molecular complexity index is 703. The molecule has 0 radical (unpaired) electrons. The molecule has 3 aromatic rings. The molecule has 1 aromatic carbocycles. The third-order valence-electron chi connectivity index (χ3n) is 2.60. The molecular weight excluding hydrogens is 250 g/mol. The van der Waals surface area contributed by atoms with Crippen molar-refractivity contribution < 1.29 is 9.90 Å². The molecule has 0 saturated heterocycles. The van der Waals surface area contributed by atoms with E-state index in [0.717, 1.165) is 22.7 Å². The first-order valence-electron chi connectivity index (χ1n) is 5.35. The van der Waals surface area contributed by atoms with Crippen LogP contribution < -0.4 is 0 Å². The lowest BCUT2D eigenvalue weighted by molar-refractivity contribution is 0.0702. The molecule has 0 aliphatic rings. The van der Waals surface area contributed by atoms with E-state index in [1.807, 2.05) is 30.3 Å². The predicted molar refractivity (Wildman–Crippen MR) is 67.1 cm³/mol. The van der Waals surface area contributed by atoms with E-state index in [2.05, 4.69) is 10.2 Å². The van der Waals surface area contributed by atoms with Crippen LogP contribution in [0.1, 0.15) is 21.1 Å². The summed E-state index contributed by atoms with van der Waals surface area (Å²) in [4.78, 5) is 11.8. The van der Waals surface area contributed by atoms with Gasteiger partial charge in [-0.1, -0.05) is 41.7 Å². The van der Waals surface area contributed by atoms with Crippen LogP contribution in [0.15, 0.2) is 36.5 Å². The van der Waals surface area contributed by atoms with Gasteiger partial charge in [-0.05, 0) is 5.56 Å². The van der Waals surface area contributed by atoms with Crippen molar-refractivity contribution in [2.45, 2.75) is 6.42 Å². The van der Waals surface area contributed by atoms with Crippen molar-refractivity contribution in [1.29, 1.82) is 0 Å². The Morgan fingerprint density at radius 3 is 2.78 bits per heavy atom. The summed E-state index contributed by atoms with van der Waals surface area (Å²) < 4.78 is 1.74. The molecule has 2 heterocycles. The smallest absolute Gasteiger partial charge is 0.347 e. The molecule has 2 aromatic heterocycles. The fraction of sp³-hybridized carbons (Fsp3) is 0.0833. The molecule has 0 aliphatic carbocycles. The molecule has 18 heavy (non-hydrogen) atoms. The molecule has 1 N–H and O–H groups in total. The van der Waals surface area contributed by atoms with Crippen LogP contribution in [-0.4, -0.2) is 25.7 Å². The number of hydrogen-bond donors (Lipinski definition) is 1. The van der Waals surface area contributed by atoms with Crippen LogP contribution in [0.5, 0.6) is 0 Å². The Balaban J connectivity index is 1.99. The summed E-state index contributed by atoms with van der Waals surface area (Å²) >= 11 is 1.13. The number of carbonyl (C=O) groups is 1. The van der Waals surface area contributed by atoms with Crippen molar-refractivity contribution in [2.24, 2.45) is 0 Å². The van der Waals surface area contributed by atoms with Gasteiger partial charge >= 0.3 is 5.97 Å². The topological polar surface area (TPSA) is 67.5 Å². The Morgan fingerprint density at radius 2 is 2.06 bits per heavy atom. The molecule has 6 heteroatoms. The van der Waals surface area contributed by atoms with Gasteiger partial charge in [0.05, 0.1) is 0 Å². The molecule has 3 rings (SSSR count). The zero-order valence-electron chi connectivity index (χ0n) is 9.28. The summed E-state index contributed by atoms with van der Waals surface area (Å²) in [6.45, 7) is 0. The lowest BCUT2D eigenvalue weighted by atomic mass is 10.1. The van der Waals surface area contributed by atoms with Crippen molar-refractivity contribution in [3.8, 4) is 0 Å². The van der Waals surface area contributed by atoms with Gasteiger partial charge in [-0.15, -0.1) is 10.2 Å². The SMILES string of the molecule is O=C(O)c1cn2c(Cc3ccccc3)nnc2s1. The van der Waals surface area contributed by atoms with Gasteiger partial charge in [0.2, 0.25) is 4.96 Å². The molecule has 0 saturated carbocycles. The van der Waals surface area contributed by atoms with Gasteiger partial charge in [0.1, 0.15) is 10.7 Å². The van der Waals surface area contributed by atoms with Gasteiger partial charge in [0.25, 0.3) is 0 Å². The second-order valence-electron chi connectivity index (χ2n) is 3.83. The normalized spacial score (nSPS) is 10.9. The number of hydrogen-bond acceptors (Lipinski definition) is 4. The maximum absolute atomic E-state index is 10.9. The van der Waals surface area contributed by atoms with Gasteiger partial charge < -0.3 is 5.11 Å². The lowest BCUT2D eigenvalue weighted by Crippen LogP contribution is -1.96. The Hall–Kier alpha value is -2.21. The highest BCUT2D eigenvalue weighted by atomic mass is 32.1. The van der Waals surface area contributed by atoms with Crippen molar-refractivity contribution in [3.63, 3.8) is 0 Å². The number of aromatic nitrogens is 3. The number of fused-ring (bicyclic) bond motifs is 1. The van der Waals surface area contributed by atoms with Crippen LogP contribution in [0.4, 0.5) is 0 Å². The average molecular weight is 259 g/mol. The number of thiazole rings is 1. The number of carboxylic acids is 1. The van der Waals surface area contributed by atoms with Gasteiger partial charge in [-0.25, -0.2) is 4.79 Å². The summed E-state index contributed by atoms with van der Waals surface area (Å²) in [5.41, 5.74) is 1.12. The predicted octanol–water partition coefficient (Wildman–Crippen LogP) is 2.08. The van der Waals surface area contributed by atoms with E-state index in [0.29, 0.717) is 11.4 Å². The van der Waals surface area contributed by atoms with Gasteiger partial charge in [0, 0.05) is 12.6 Å². The molecule has 0 amide bonds. The Kier molecular flexibility index (Phi) is 2.56. The summed E-state index contributed by atoms with van der Waals surface area (Å²) in [6, 6.07) is 9.89. The van der Waals surface area contributed by atoms with E-state index in [1.165, 1.54) is 0 Å². The summed E-state index contributed by atoms with van der Waals surface area (Å²) in [5.74, 6) is -0.184. The summed E-state index contributed by atoms with van der Waals surface area (Å²) in [5, 5.41) is 17.0. The molecule has 90 valence electrons. The average Bonchev–Trinajstić information content (AvgIpc) is 2.93. The first kappa shape index (κ1) is 10.9.